The molecule has 0 radical (unpaired) electrons. The van der Waals surface area contributed by atoms with E-state index in [2.05, 4.69) is 4.98 Å². The number of carbonyl (C=O) groups excluding carboxylic acids is 1. The zero-order valence-corrected chi connectivity index (χ0v) is 17.2. The monoisotopic (exact) mass is 421 g/mol. The minimum atomic E-state index is -0.336. The Morgan fingerprint density at radius 3 is 2.57 bits per heavy atom. The second-order valence-corrected chi connectivity index (χ2v) is 7.77. The van der Waals surface area contributed by atoms with Crippen molar-refractivity contribution in [2.45, 2.75) is 20.0 Å². The van der Waals surface area contributed by atoms with Gasteiger partial charge in [0.2, 0.25) is 5.91 Å². The topological polar surface area (TPSA) is 55.2 Å². The molecular weight excluding hydrogens is 401 g/mol. The number of halogens is 1. The van der Waals surface area contributed by atoms with Gasteiger partial charge in [0.1, 0.15) is 17.2 Å². The molecule has 7 heteroatoms. The summed E-state index contributed by atoms with van der Waals surface area (Å²) >= 11 is 1.35. The van der Waals surface area contributed by atoms with Crippen LogP contribution >= 0.6 is 11.3 Å². The van der Waals surface area contributed by atoms with Gasteiger partial charge >= 0.3 is 0 Å². The summed E-state index contributed by atoms with van der Waals surface area (Å²) in [5.41, 5.74) is 2.20. The van der Waals surface area contributed by atoms with Crippen molar-refractivity contribution in [3.05, 3.63) is 88.0 Å². The van der Waals surface area contributed by atoms with E-state index in [1.54, 1.807) is 17.0 Å². The first kappa shape index (κ1) is 20.0. The van der Waals surface area contributed by atoms with E-state index in [0.717, 1.165) is 11.1 Å². The third-order valence-corrected chi connectivity index (χ3v) is 5.86. The van der Waals surface area contributed by atoms with Gasteiger partial charge in [-0.3, -0.25) is 14.2 Å². The number of aromatic nitrogens is 2. The van der Waals surface area contributed by atoms with Crippen molar-refractivity contribution in [2.75, 3.05) is 6.54 Å². The smallest absolute Gasteiger partial charge is 0.263 e. The van der Waals surface area contributed by atoms with Gasteiger partial charge in [0, 0.05) is 24.0 Å². The van der Waals surface area contributed by atoms with E-state index >= 15 is 0 Å². The summed E-state index contributed by atoms with van der Waals surface area (Å²) in [4.78, 5) is 32.7. The number of amides is 1. The standard InChI is InChI=1S/C23H20FN3O2S/c1-2-26(12-16-6-4-3-5-7-16)20(28)13-27-15-25-22-21(23(27)29)19(14-30-22)17-8-10-18(24)11-9-17/h3-11,14-15H,2,12-13H2,1H3. The Morgan fingerprint density at radius 1 is 1.13 bits per heavy atom. The normalized spacial score (nSPS) is 11.0. The van der Waals surface area contributed by atoms with Crippen LogP contribution in [-0.2, 0) is 17.9 Å². The van der Waals surface area contributed by atoms with Crippen LogP contribution in [0.2, 0.25) is 0 Å². The summed E-state index contributed by atoms with van der Waals surface area (Å²) < 4.78 is 14.6. The van der Waals surface area contributed by atoms with Crippen molar-refractivity contribution in [1.82, 2.24) is 14.5 Å². The number of likely N-dealkylation sites (N-methyl/N-ethyl adjacent to an activating group) is 1. The van der Waals surface area contributed by atoms with Crippen LogP contribution in [0.25, 0.3) is 21.3 Å². The molecule has 0 atom stereocenters. The van der Waals surface area contributed by atoms with Gasteiger partial charge in [0.25, 0.3) is 5.56 Å². The number of hydrogen-bond acceptors (Lipinski definition) is 4. The quantitative estimate of drug-likeness (QED) is 0.466. The third-order valence-electron chi connectivity index (χ3n) is 4.97. The van der Waals surface area contributed by atoms with Gasteiger partial charge in [0.05, 0.1) is 11.7 Å². The number of nitrogens with zero attached hydrogens (tertiary/aromatic N) is 3. The van der Waals surface area contributed by atoms with Crippen LogP contribution in [0.4, 0.5) is 4.39 Å². The molecular formula is C23H20FN3O2S. The summed E-state index contributed by atoms with van der Waals surface area (Å²) in [6.07, 6.45) is 1.42. The molecule has 4 aromatic rings. The zero-order chi connectivity index (χ0) is 21.1. The van der Waals surface area contributed by atoms with Crippen LogP contribution < -0.4 is 5.56 Å². The lowest BCUT2D eigenvalue weighted by Crippen LogP contribution is -2.36. The van der Waals surface area contributed by atoms with E-state index in [1.807, 2.05) is 42.6 Å². The summed E-state index contributed by atoms with van der Waals surface area (Å²) in [6.45, 7) is 2.86. The molecule has 2 aromatic heterocycles. The molecule has 0 unspecified atom stereocenters. The molecule has 30 heavy (non-hydrogen) atoms. The molecule has 0 spiro atoms. The number of thiophene rings is 1. The van der Waals surface area contributed by atoms with E-state index in [0.29, 0.717) is 28.9 Å². The van der Waals surface area contributed by atoms with E-state index in [4.69, 9.17) is 0 Å². The first-order valence-electron chi connectivity index (χ1n) is 9.61. The lowest BCUT2D eigenvalue weighted by molar-refractivity contribution is -0.132. The molecule has 152 valence electrons. The molecule has 0 fully saturated rings. The molecule has 0 saturated heterocycles. The number of rotatable bonds is 6. The maximum Gasteiger partial charge on any atom is 0.263 e. The van der Waals surface area contributed by atoms with Gasteiger partial charge in [0.15, 0.2) is 0 Å². The third kappa shape index (κ3) is 4.02. The Hall–Kier alpha value is -3.32. The van der Waals surface area contributed by atoms with Crippen molar-refractivity contribution in [1.29, 1.82) is 0 Å². The lowest BCUT2D eigenvalue weighted by atomic mass is 10.1. The first-order chi connectivity index (χ1) is 14.6. The highest BCUT2D eigenvalue weighted by Gasteiger charge is 2.17. The van der Waals surface area contributed by atoms with Gasteiger partial charge in [-0.1, -0.05) is 42.5 Å². The van der Waals surface area contributed by atoms with Crippen LogP contribution in [0.3, 0.4) is 0 Å². The van der Waals surface area contributed by atoms with E-state index < -0.39 is 0 Å². The number of carbonyl (C=O) groups is 1. The van der Waals surface area contributed by atoms with Crippen LogP contribution in [0, 0.1) is 5.82 Å². The maximum absolute atomic E-state index is 13.3. The van der Waals surface area contributed by atoms with Gasteiger partial charge in [-0.15, -0.1) is 11.3 Å². The Balaban J connectivity index is 1.63. The molecule has 0 N–H and O–H groups in total. The van der Waals surface area contributed by atoms with Gasteiger partial charge < -0.3 is 4.90 Å². The number of fused-ring (bicyclic) bond motifs is 1. The second-order valence-electron chi connectivity index (χ2n) is 6.91. The first-order valence-corrected chi connectivity index (χ1v) is 10.5. The molecule has 2 heterocycles. The maximum atomic E-state index is 13.3. The van der Waals surface area contributed by atoms with Crippen LogP contribution in [0.5, 0.6) is 0 Å². The number of benzene rings is 2. The van der Waals surface area contributed by atoms with Crippen molar-refractivity contribution in [2.24, 2.45) is 0 Å². The van der Waals surface area contributed by atoms with Gasteiger partial charge in [-0.2, -0.15) is 0 Å². The summed E-state index contributed by atoms with van der Waals surface area (Å²) in [7, 11) is 0. The minimum Gasteiger partial charge on any atom is -0.337 e. The molecule has 0 aliphatic rings. The molecule has 2 aromatic carbocycles. The van der Waals surface area contributed by atoms with Crippen LogP contribution in [0.1, 0.15) is 12.5 Å². The fraction of sp³-hybridized carbons (Fsp3) is 0.174. The SMILES string of the molecule is CCN(Cc1ccccc1)C(=O)Cn1cnc2scc(-c3ccc(F)cc3)c2c1=O. The summed E-state index contributed by atoms with van der Waals surface area (Å²) in [5, 5.41) is 2.29. The van der Waals surface area contributed by atoms with E-state index in [-0.39, 0.29) is 23.8 Å². The highest BCUT2D eigenvalue weighted by molar-refractivity contribution is 7.17. The number of hydrogen-bond donors (Lipinski definition) is 0. The fourth-order valence-electron chi connectivity index (χ4n) is 3.35. The van der Waals surface area contributed by atoms with Gasteiger partial charge in [-0.25, -0.2) is 9.37 Å². The Kier molecular flexibility index (Phi) is 5.72. The van der Waals surface area contributed by atoms with E-state index in [9.17, 15) is 14.0 Å². The van der Waals surface area contributed by atoms with Crippen molar-refractivity contribution < 1.29 is 9.18 Å². The highest BCUT2D eigenvalue weighted by atomic mass is 32.1. The average molecular weight is 421 g/mol. The van der Waals surface area contributed by atoms with Crippen molar-refractivity contribution in [3.63, 3.8) is 0 Å². The molecule has 0 aliphatic carbocycles. The summed E-state index contributed by atoms with van der Waals surface area (Å²) in [5.74, 6) is -0.486. The summed E-state index contributed by atoms with van der Waals surface area (Å²) in [6, 6.07) is 15.7. The largest absolute Gasteiger partial charge is 0.337 e. The van der Waals surface area contributed by atoms with E-state index in [1.165, 1.54) is 34.4 Å². The molecule has 0 saturated carbocycles. The fourth-order valence-corrected chi connectivity index (χ4v) is 4.25. The molecule has 0 bridgehead atoms. The average Bonchev–Trinajstić information content (AvgIpc) is 3.20. The van der Waals surface area contributed by atoms with Crippen molar-refractivity contribution >= 4 is 27.5 Å². The zero-order valence-electron chi connectivity index (χ0n) is 16.4. The van der Waals surface area contributed by atoms with Crippen LogP contribution in [0.15, 0.2) is 71.1 Å². The highest BCUT2D eigenvalue weighted by Crippen LogP contribution is 2.30. The Bertz CT molecular complexity index is 1230. The predicted octanol–water partition coefficient (Wildman–Crippen LogP) is 4.31. The van der Waals surface area contributed by atoms with Crippen LogP contribution in [-0.4, -0.2) is 26.9 Å². The second kappa shape index (κ2) is 8.59. The molecule has 5 nitrogen and oxygen atoms in total. The molecule has 1 amide bonds. The van der Waals surface area contributed by atoms with Gasteiger partial charge in [-0.05, 0) is 30.2 Å². The minimum absolute atomic E-state index is 0.0822. The predicted molar refractivity (Wildman–Crippen MR) is 117 cm³/mol. The Morgan fingerprint density at radius 2 is 1.87 bits per heavy atom. The molecule has 0 aliphatic heterocycles. The lowest BCUT2D eigenvalue weighted by Gasteiger charge is -2.21. The molecule has 4 rings (SSSR count). The Labute approximate surface area is 177 Å². The van der Waals surface area contributed by atoms with Crippen molar-refractivity contribution in [3.8, 4) is 11.1 Å².